The van der Waals surface area contributed by atoms with Crippen molar-refractivity contribution < 1.29 is 0 Å². The molecule has 2 aliphatic rings. The fourth-order valence-electron chi connectivity index (χ4n) is 3.67. The van der Waals surface area contributed by atoms with Crippen molar-refractivity contribution in [3.8, 4) is 0 Å². The van der Waals surface area contributed by atoms with E-state index in [1.807, 2.05) is 7.05 Å². The van der Waals surface area contributed by atoms with Crippen LogP contribution in [0.5, 0.6) is 0 Å². The van der Waals surface area contributed by atoms with Crippen LogP contribution >= 0.6 is 24.0 Å². The van der Waals surface area contributed by atoms with Crippen molar-refractivity contribution in [3.05, 3.63) is 0 Å². The minimum absolute atomic E-state index is 0. The van der Waals surface area contributed by atoms with Gasteiger partial charge in [0.15, 0.2) is 5.96 Å². The molecule has 0 heterocycles. The highest BCUT2D eigenvalue weighted by Gasteiger charge is 2.20. The molecule has 0 aliphatic heterocycles. The summed E-state index contributed by atoms with van der Waals surface area (Å²) in [7, 11) is 4.14. The Morgan fingerprint density at radius 1 is 1.09 bits per heavy atom. The number of rotatable bonds is 5. The van der Waals surface area contributed by atoms with Crippen LogP contribution in [0.4, 0.5) is 0 Å². The van der Waals surface area contributed by atoms with E-state index >= 15 is 0 Å². The lowest BCUT2D eigenvalue weighted by Crippen LogP contribution is -2.47. The van der Waals surface area contributed by atoms with Gasteiger partial charge in [0, 0.05) is 32.2 Å². The Labute approximate surface area is 153 Å². The normalized spacial score (nSPS) is 26.8. The van der Waals surface area contributed by atoms with Gasteiger partial charge < -0.3 is 15.5 Å². The lowest BCUT2D eigenvalue weighted by atomic mass is 9.87. The number of nitrogens with zero attached hydrogens (tertiary/aromatic N) is 2. The molecule has 22 heavy (non-hydrogen) atoms. The van der Waals surface area contributed by atoms with Crippen molar-refractivity contribution in [2.24, 2.45) is 10.9 Å². The van der Waals surface area contributed by atoms with Gasteiger partial charge in [0.05, 0.1) is 0 Å². The highest BCUT2D eigenvalue weighted by atomic mass is 127. The first kappa shape index (κ1) is 20.0. The number of halogens is 1. The molecule has 2 rings (SSSR count). The van der Waals surface area contributed by atoms with Gasteiger partial charge in [-0.15, -0.1) is 24.0 Å². The Hall–Kier alpha value is -0.0400. The first-order valence-electron chi connectivity index (χ1n) is 8.86. The highest BCUT2D eigenvalue weighted by molar-refractivity contribution is 14.0. The van der Waals surface area contributed by atoms with E-state index in [1.165, 1.54) is 51.4 Å². The third-order valence-electron chi connectivity index (χ3n) is 5.29. The van der Waals surface area contributed by atoms with Crippen LogP contribution in [0.1, 0.15) is 58.3 Å². The predicted molar refractivity (Wildman–Crippen MR) is 106 cm³/mol. The topological polar surface area (TPSA) is 39.7 Å². The number of nitrogens with one attached hydrogen (secondary N) is 2. The molecule has 5 heteroatoms. The summed E-state index contributed by atoms with van der Waals surface area (Å²) >= 11 is 0. The van der Waals surface area contributed by atoms with Crippen LogP contribution in [0.2, 0.25) is 0 Å². The van der Waals surface area contributed by atoms with Crippen LogP contribution in [-0.2, 0) is 0 Å². The summed E-state index contributed by atoms with van der Waals surface area (Å²) in [5.41, 5.74) is 0. The van der Waals surface area contributed by atoms with E-state index in [-0.39, 0.29) is 24.0 Å². The quantitative estimate of drug-likeness (QED) is 0.406. The van der Waals surface area contributed by atoms with Gasteiger partial charge in [-0.25, -0.2) is 0 Å². The Morgan fingerprint density at radius 3 is 2.32 bits per heavy atom. The van der Waals surface area contributed by atoms with Crippen molar-refractivity contribution in [2.75, 3.05) is 27.2 Å². The van der Waals surface area contributed by atoms with Crippen LogP contribution in [0, 0.1) is 5.92 Å². The third kappa shape index (κ3) is 6.60. The molecule has 2 fully saturated rings. The van der Waals surface area contributed by atoms with Gasteiger partial charge in [-0.05, 0) is 51.5 Å². The first-order valence-corrected chi connectivity index (χ1v) is 8.86. The van der Waals surface area contributed by atoms with E-state index in [4.69, 9.17) is 0 Å². The van der Waals surface area contributed by atoms with E-state index in [1.54, 1.807) is 0 Å². The maximum Gasteiger partial charge on any atom is 0.191 e. The second-order valence-corrected chi connectivity index (χ2v) is 7.02. The number of guanidine groups is 1. The molecule has 0 amide bonds. The van der Waals surface area contributed by atoms with Crippen LogP contribution in [0.3, 0.4) is 0 Å². The summed E-state index contributed by atoms with van der Waals surface area (Å²) in [4.78, 5) is 6.88. The Balaban J connectivity index is 0.00000242. The fraction of sp³-hybridized carbons (Fsp3) is 0.941. The van der Waals surface area contributed by atoms with Crippen LogP contribution in [0.15, 0.2) is 4.99 Å². The standard InChI is InChI=1S/C17H34N4.HI/c1-14-8-10-15(11-9-14)20-17(18-2)19-12-13-21(3)16-6-4-5-7-16;/h14-16H,4-13H2,1-3H3,(H2,18,19,20);1H. The lowest BCUT2D eigenvalue weighted by Gasteiger charge is -2.29. The van der Waals surface area contributed by atoms with Crippen molar-refractivity contribution >= 4 is 29.9 Å². The van der Waals surface area contributed by atoms with Crippen molar-refractivity contribution in [1.29, 1.82) is 0 Å². The molecule has 2 N–H and O–H groups in total. The number of likely N-dealkylation sites (N-methyl/N-ethyl adjacent to an activating group) is 1. The summed E-state index contributed by atoms with van der Waals surface area (Å²) in [6.07, 6.45) is 10.8. The van der Waals surface area contributed by atoms with Gasteiger partial charge >= 0.3 is 0 Å². The van der Waals surface area contributed by atoms with Gasteiger partial charge in [-0.1, -0.05) is 19.8 Å². The number of aliphatic imine (C=N–C) groups is 1. The molecule has 0 radical (unpaired) electrons. The lowest BCUT2D eigenvalue weighted by molar-refractivity contribution is 0.249. The van der Waals surface area contributed by atoms with E-state index < -0.39 is 0 Å². The highest BCUT2D eigenvalue weighted by Crippen LogP contribution is 2.23. The summed E-state index contributed by atoms with van der Waals surface area (Å²) in [6.45, 7) is 4.45. The summed E-state index contributed by atoms with van der Waals surface area (Å²) in [6, 6.07) is 1.42. The largest absolute Gasteiger partial charge is 0.355 e. The smallest absolute Gasteiger partial charge is 0.191 e. The molecule has 2 aliphatic carbocycles. The molecule has 0 spiro atoms. The Morgan fingerprint density at radius 2 is 1.73 bits per heavy atom. The molecule has 0 atom stereocenters. The molecule has 4 nitrogen and oxygen atoms in total. The summed E-state index contributed by atoms with van der Waals surface area (Å²) in [5.74, 6) is 1.88. The Bertz CT molecular complexity index is 321. The number of hydrogen-bond donors (Lipinski definition) is 2. The molecule has 130 valence electrons. The van der Waals surface area contributed by atoms with Crippen LogP contribution in [-0.4, -0.2) is 50.1 Å². The zero-order chi connectivity index (χ0) is 15.1. The first-order chi connectivity index (χ1) is 10.2. The van der Waals surface area contributed by atoms with E-state index in [0.717, 1.165) is 31.0 Å². The molecule has 2 saturated carbocycles. The van der Waals surface area contributed by atoms with Crippen molar-refractivity contribution in [2.45, 2.75) is 70.4 Å². The zero-order valence-corrected chi connectivity index (χ0v) is 16.9. The fourth-order valence-corrected chi connectivity index (χ4v) is 3.67. The van der Waals surface area contributed by atoms with Gasteiger partial charge in [0.25, 0.3) is 0 Å². The maximum atomic E-state index is 4.37. The SMILES string of the molecule is CN=C(NCCN(C)C1CCCC1)NC1CCC(C)CC1.I. The number of hydrogen-bond acceptors (Lipinski definition) is 2. The van der Waals surface area contributed by atoms with Gasteiger partial charge in [-0.3, -0.25) is 4.99 Å². The predicted octanol–water partition coefficient (Wildman–Crippen LogP) is 3.22. The minimum atomic E-state index is 0. The van der Waals surface area contributed by atoms with Gasteiger partial charge in [0.2, 0.25) is 0 Å². The third-order valence-corrected chi connectivity index (χ3v) is 5.29. The van der Waals surface area contributed by atoms with Crippen molar-refractivity contribution in [3.63, 3.8) is 0 Å². The average Bonchev–Trinajstić information content (AvgIpc) is 3.02. The molecule has 0 aromatic heterocycles. The van der Waals surface area contributed by atoms with E-state index in [2.05, 4.69) is 34.5 Å². The Kier molecular flexibility index (Phi) is 9.71. The minimum Gasteiger partial charge on any atom is -0.355 e. The molecule has 0 bridgehead atoms. The molecular weight excluding hydrogens is 387 g/mol. The molecular formula is C17H35IN4. The van der Waals surface area contributed by atoms with Crippen LogP contribution in [0.25, 0.3) is 0 Å². The average molecular weight is 422 g/mol. The van der Waals surface area contributed by atoms with E-state index in [9.17, 15) is 0 Å². The second kappa shape index (κ2) is 10.7. The monoisotopic (exact) mass is 422 g/mol. The molecule has 0 saturated heterocycles. The second-order valence-electron chi connectivity index (χ2n) is 7.02. The molecule has 0 aromatic rings. The molecule has 0 unspecified atom stereocenters. The van der Waals surface area contributed by atoms with E-state index in [0.29, 0.717) is 6.04 Å². The summed E-state index contributed by atoms with van der Waals surface area (Å²) < 4.78 is 0. The van der Waals surface area contributed by atoms with Crippen LogP contribution < -0.4 is 10.6 Å². The maximum absolute atomic E-state index is 4.37. The van der Waals surface area contributed by atoms with Gasteiger partial charge in [-0.2, -0.15) is 0 Å². The zero-order valence-electron chi connectivity index (χ0n) is 14.6. The van der Waals surface area contributed by atoms with Crippen molar-refractivity contribution in [1.82, 2.24) is 15.5 Å². The summed E-state index contributed by atoms with van der Waals surface area (Å²) in [5, 5.41) is 7.07. The van der Waals surface area contributed by atoms with Gasteiger partial charge in [0.1, 0.15) is 0 Å². The molecule has 0 aromatic carbocycles.